The second kappa shape index (κ2) is 8.96. The number of carbonyl (C=O) groups is 2. The minimum Gasteiger partial charge on any atom is -0.350 e. The molecule has 0 radical (unpaired) electrons. The average molecular weight is 372 g/mol. The van der Waals surface area contributed by atoms with Crippen LogP contribution in [0.15, 0.2) is 41.8 Å². The van der Waals surface area contributed by atoms with Gasteiger partial charge in [-0.1, -0.05) is 12.1 Å². The predicted molar refractivity (Wildman–Crippen MR) is 105 cm³/mol. The number of nitrogens with one attached hydrogen (secondary N) is 2. The van der Waals surface area contributed by atoms with E-state index >= 15 is 0 Å². The van der Waals surface area contributed by atoms with Crippen molar-refractivity contribution in [1.82, 2.24) is 5.32 Å². The number of benzene rings is 1. The van der Waals surface area contributed by atoms with Crippen LogP contribution in [0, 0.1) is 5.92 Å². The summed E-state index contributed by atoms with van der Waals surface area (Å²) >= 11 is 1.71. The normalized spacial score (nSPS) is 14.7. The Morgan fingerprint density at radius 1 is 1.23 bits per heavy atom. The van der Waals surface area contributed by atoms with E-state index in [0.717, 1.165) is 25.7 Å². The summed E-state index contributed by atoms with van der Waals surface area (Å²) in [6, 6.07) is 11.2. The van der Waals surface area contributed by atoms with Crippen molar-refractivity contribution in [3.63, 3.8) is 0 Å². The van der Waals surface area contributed by atoms with Gasteiger partial charge in [0.25, 0.3) is 5.91 Å². The molecule has 0 spiro atoms. The number of hydrogen-bond acceptors (Lipinski definition) is 4. The Morgan fingerprint density at radius 3 is 2.81 bits per heavy atom. The molecule has 1 atom stereocenters. The van der Waals surface area contributed by atoms with E-state index in [1.807, 2.05) is 11.4 Å². The van der Waals surface area contributed by atoms with Gasteiger partial charge in [-0.05, 0) is 61.2 Å². The molecule has 1 aliphatic rings. The molecule has 1 fully saturated rings. The van der Waals surface area contributed by atoms with E-state index in [0.29, 0.717) is 30.1 Å². The maximum Gasteiger partial charge on any atom is 0.251 e. The second-order valence-corrected chi connectivity index (χ2v) is 7.81. The van der Waals surface area contributed by atoms with E-state index in [1.165, 1.54) is 4.88 Å². The van der Waals surface area contributed by atoms with Gasteiger partial charge < -0.3 is 16.4 Å². The molecule has 1 aromatic heterocycles. The Hall–Kier alpha value is -2.18. The standard InChI is InChI=1S/C20H25N3O2S/c21-18(14-9-10-14)13-22-20(25)15-4-1-5-16(12-15)23-19(24)8-2-6-17-7-3-11-26-17/h1,3-5,7,11-12,14,18H,2,6,8-10,13,21H2,(H,22,25)(H,23,24). The summed E-state index contributed by atoms with van der Waals surface area (Å²) in [6.45, 7) is 0.489. The number of amides is 2. The predicted octanol–water partition coefficient (Wildman–Crippen LogP) is 3.18. The van der Waals surface area contributed by atoms with Crippen molar-refractivity contribution >= 4 is 28.8 Å². The highest BCUT2D eigenvalue weighted by Crippen LogP contribution is 2.31. The molecule has 0 saturated heterocycles. The first-order valence-corrected chi connectivity index (χ1v) is 9.96. The Balaban J connectivity index is 1.45. The van der Waals surface area contributed by atoms with Crippen molar-refractivity contribution in [3.05, 3.63) is 52.2 Å². The van der Waals surface area contributed by atoms with E-state index in [1.54, 1.807) is 35.6 Å². The fourth-order valence-electron chi connectivity index (χ4n) is 2.84. The Kier molecular flexibility index (Phi) is 6.41. The van der Waals surface area contributed by atoms with E-state index < -0.39 is 0 Å². The quantitative estimate of drug-likeness (QED) is 0.633. The topological polar surface area (TPSA) is 84.2 Å². The third-order valence-corrected chi connectivity index (χ3v) is 5.48. The third-order valence-electron chi connectivity index (χ3n) is 4.54. The van der Waals surface area contributed by atoms with Crippen LogP contribution in [-0.2, 0) is 11.2 Å². The maximum atomic E-state index is 12.3. The minimum absolute atomic E-state index is 0.0325. The van der Waals surface area contributed by atoms with Crippen molar-refractivity contribution in [2.75, 3.05) is 11.9 Å². The number of anilines is 1. The lowest BCUT2D eigenvalue weighted by Crippen LogP contribution is -2.38. The fourth-order valence-corrected chi connectivity index (χ4v) is 3.59. The van der Waals surface area contributed by atoms with Crippen LogP contribution in [0.2, 0.25) is 0 Å². The fraction of sp³-hybridized carbons (Fsp3) is 0.400. The van der Waals surface area contributed by atoms with Crippen LogP contribution in [0.5, 0.6) is 0 Å². The van der Waals surface area contributed by atoms with Gasteiger partial charge >= 0.3 is 0 Å². The van der Waals surface area contributed by atoms with Crippen LogP contribution in [0.3, 0.4) is 0 Å². The van der Waals surface area contributed by atoms with Crippen molar-refractivity contribution in [2.24, 2.45) is 11.7 Å². The molecule has 2 amide bonds. The average Bonchev–Trinajstić information content (AvgIpc) is 3.37. The number of nitrogens with two attached hydrogens (primary N) is 1. The minimum atomic E-state index is -0.158. The SMILES string of the molecule is NC(CNC(=O)c1cccc(NC(=O)CCCc2cccs2)c1)C1CC1. The van der Waals surface area contributed by atoms with Gasteiger partial charge in [0.15, 0.2) is 0 Å². The molecular weight excluding hydrogens is 346 g/mol. The van der Waals surface area contributed by atoms with Crippen molar-refractivity contribution in [3.8, 4) is 0 Å². The molecule has 0 aliphatic heterocycles. The lowest BCUT2D eigenvalue weighted by Gasteiger charge is -2.12. The zero-order valence-electron chi connectivity index (χ0n) is 14.7. The first-order chi connectivity index (χ1) is 12.6. The summed E-state index contributed by atoms with van der Waals surface area (Å²) in [6.07, 6.45) is 4.50. The summed E-state index contributed by atoms with van der Waals surface area (Å²) in [7, 11) is 0. The first-order valence-electron chi connectivity index (χ1n) is 9.08. The highest BCUT2D eigenvalue weighted by Gasteiger charge is 2.28. The Bertz CT molecular complexity index is 741. The van der Waals surface area contributed by atoms with Crippen LogP contribution in [-0.4, -0.2) is 24.4 Å². The number of carbonyl (C=O) groups excluding carboxylic acids is 2. The molecule has 138 valence electrons. The largest absolute Gasteiger partial charge is 0.350 e. The lowest BCUT2D eigenvalue weighted by molar-refractivity contribution is -0.116. The molecule has 26 heavy (non-hydrogen) atoms. The van der Waals surface area contributed by atoms with Crippen LogP contribution in [0.25, 0.3) is 0 Å². The van der Waals surface area contributed by atoms with Crippen LogP contribution in [0.4, 0.5) is 5.69 Å². The Morgan fingerprint density at radius 2 is 2.08 bits per heavy atom. The molecule has 5 nitrogen and oxygen atoms in total. The van der Waals surface area contributed by atoms with Crippen LogP contribution in [0.1, 0.15) is 40.9 Å². The van der Waals surface area contributed by atoms with E-state index in [9.17, 15) is 9.59 Å². The van der Waals surface area contributed by atoms with Gasteiger partial charge in [-0.25, -0.2) is 0 Å². The van der Waals surface area contributed by atoms with Crippen molar-refractivity contribution in [1.29, 1.82) is 0 Å². The molecule has 1 aliphatic carbocycles. The smallest absolute Gasteiger partial charge is 0.251 e. The molecule has 1 aromatic carbocycles. The van der Waals surface area contributed by atoms with E-state index in [-0.39, 0.29) is 17.9 Å². The number of rotatable bonds is 9. The molecule has 3 rings (SSSR count). The zero-order valence-corrected chi connectivity index (χ0v) is 15.6. The molecule has 1 heterocycles. The monoisotopic (exact) mass is 371 g/mol. The summed E-state index contributed by atoms with van der Waals surface area (Å²) in [5, 5.41) is 7.79. The number of aryl methyl sites for hydroxylation is 1. The number of hydrogen-bond donors (Lipinski definition) is 3. The van der Waals surface area contributed by atoms with Gasteiger partial charge in [0.1, 0.15) is 0 Å². The highest BCUT2D eigenvalue weighted by atomic mass is 32.1. The van der Waals surface area contributed by atoms with E-state index in [4.69, 9.17) is 5.73 Å². The van der Waals surface area contributed by atoms with E-state index in [2.05, 4.69) is 16.7 Å². The lowest BCUT2D eigenvalue weighted by atomic mass is 10.1. The molecule has 1 unspecified atom stereocenters. The van der Waals surface area contributed by atoms with Gasteiger partial charge in [0.05, 0.1) is 0 Å². The number of thiophene rings is 1. The third kappa shape index (κ3) is 5.68. The van der Waals surface area contributed by atoms with Gasteiger partial charge in [-0.15, -0.1) is 11.3 Å². The molecule has 6 heteroatoms. The maximum absolute atomic E-state index is 12.3. The summed E-state index contributed by atoms with van der Waals surface area (Å²) < 4.78 is 0. The summed E-state index contributed by atoms with van der Waals surface area (Å²) in [5.74, 6) is 0.361. The van der Waals surface area contributed by atoms with Crippen LogP contribution < -0.4 is 16.4 Å². The van der Waals surface area contributed by atoms with Crippen LogP contribution >= 0.6 is 11.3 Å². The Labute approximate surface area is 158 Å². The first kappa shape index (κ1) is 18.6. The molecule has 2 aromatic rings. The van der Waals surface area contributed by atoms with Gasteiger partial charge in [-0.2, -0.15) is 0 Å². The summed E-state index contributed by atoms with van der Waals surface area (Å²) in [5.41, 5.74) is 7.19. The molecular formula is C20H25N3O2S. The molecule has 0 bridgehead atoms. The second-order valence-electron chi connectivity index (χ2n) is 6.77. The van der Waals surface area contributed by atoms with Crippen molar-refractivity contribution in [2.45, 2.75) is 38.1 Å². The van der Waals surface area contributed by atoms with Gasteiger partial charge in [0.2, 0.25) is 5.91 Å². The molecule has 4 N–H and O–H groups in total. The van der Waals surface area contributed by atoms with Crippen molar-refractivity contribution < 1.29 is 9.59 Å². The highest BCUT2D eigenvalue weighted by molar-refractivity contribution is 7.09. The zero-order chi connectivity index (χ0) is 18.4. The van der Waals surface area contributed by atoms with Gasteiger partial charge in [-0.3, -0.25) is 9.59 Å². The summed E-state index contributed by atoms with van der Waals surface area (Å²) in [4.78, 5) is 25.6. The molecule has 1 saturated carbocycles. The van der Waals surface area contributed by atoms with Gasteiger partial charge in [0, 0.05) is 35.1 Å².